The summed E-state index contributed by atoms with van der Waals surface area (Å²) >= 11 is 0. The van der Waals surface area contributed by atoms with Crippen LogP contribution in [0.1, 0.15) is 11.3 Å². The molecule has 1 aromatic carbocycles. The lowest BCUT2D eigenvalue weighted by molar-refractivity contribution is -0.137. The lowest BCUT2D eigenvalue weighted by Gasteiger charge is -2.17. The molecule has 0 bridgehead atoms. The van der Waals surface area contributed by atoms with Crippen LogP contribution < -0.4 is 10.2 Å². The highest BCUT2D eigenvalue weighted by molar-refractivity contribution is 6.07. The molecule has 1 aliphatic rings. The van der Waals surface area contributed by atoms with E-state index in [9.17, 15) is 22.8 Å². The van der Waals surface area contributed by atoms with Crippen molar-refractivity contribution in [2.24, 2.45) is 0 Å². The van der Waals surface area contributed by atoms with Crippen molar-refractivity contribution in [2.45, 2.75) is 12.6 Å². The number of pyridine rings is 2. The molecule has 3 heterocycles. The van der Waals surface area contributed by atoms with E-state index in [0.29, 0.717) is 28.3 Å². The van der Waals surface area contributed by atoms with Gasteiger partial charge in [0, 0.05) is 18.0 Å². The maximum absolute atomic E-state index is 13.0. The molecule has 0 saturated heterocycles. The van der Waals surface area contributed by atoms with Crippen LogP contribution in [0.3, 0.4) is 0 Å². The van der Waals surface area contributed by atoms with E-state index >= 15 is 0 Å². The van der Waals surface area contributed by atoms with Crippen molar-refractivity contribution in [1.29, 1.82) is 0 Å². The maximum atomic E-state index is 13.0. The number of alkyl halides is 3. The topological polar surface area (TPSA) is 75.2 Å². The van der Waals surface area contributed by atoms with Gasteiger partial charge in [0.25, 0.3) is 0 Å². The minimum Gasteiger partial charge on any atom is -0.309 e. The first kappa shape index (κ1) is 19.6. The molecule has 152 valence electrons. The van der Waals surface area contributed by atoms with Gasteiger partial charge in [0.1, 0.15) is 12.4 Å². The number of nitrogens with zero attached hydrogens (tertiary/aromatic N) is 3. The molecule has 0 spiro atoms. The summed E-state index contributed by atoms with van der Waals surface area (Å²) < 4.78 is 39.1. The molecule has 1 aliphatic heterocycles. The number of hydrogen-bond donors (Lipinski definition) is 1. The number of fused-ring (bicyclic) bond motifs is 1. The van der Waals surface area contributed by atoms with Crippen molar-refractivity contribution in [3.63, 3.8) is 0 Å². The van der Waals surface area contributed by atoms with E-state index in [1.165, 1.54) is 29.4 Å². The van der Waals surface area contributed by atoms with E-state index in [2.05, 4.69) is 15.3 Å². The Hall–Kier alpha value is -3.75. The average molecular weight is 412 g/mol. The number of anilines is 2. The molecule has 9 heteroatoms. The third-order valence-corrected chi connectivity index (χ3v) is 4.62. The molecule has 0 fully saturated rings. The van der Waals surface area contributed by atoms with Crippen molar-refractivity contribution in [1.82, 2.24) is 9.97 Å². The van der Waals surface area contributed by atoms with Gasteiger partial charge in [-0.25, -0.2) is 4.98 Å². The van der Waals surface area contributed by atoms with E-state index in [1.54, 1.807) is 24.3 Å². The minimum atomic E-state index is -4.47. The molecule has 0 radical (unpaired) electrons. The minimum absolute atomic E-state index is 0.0229. The van der Waals surface area contributed by atoms with Crippen LogP contribution in [0.4, 0.5) is 24.7 Å². The number of carbonyl (C=O) groups excluding carboxylic acids is 2. The van der Waals surface area contributed by atoms with Crippen molar-refractivity contribution >= 4 is 23.3 Å². The van der Waals surface area contributed by atoms with Crippen molar-refractivity contribution in [3.05, 3.63) is 72.2 Å². The van der Waals surface area contributed by atoms with E-state index in [0.717, 1.165) is 12.1 Å². The maximum Gasteiger partial charge on any atom is 0.416 e. The van der Waals surface area contributed by atoms with E-state index < -0.39 is 17.6 Å². The zero-order chi connectivity index (χ0) is 21.3. The van der Waals surface area contributed by atoms with Crippen LogP contribution in [-0.2, 0) is 22.2 Å². The number of carbonyl (C=O) groups is 2. The monoisotopic (exact) mass is 412 g/mol. The lowest BCUT2D eigenvalue weighted by Crippen LogP contribution is -2.35. The average Bonchev–Trinajstić information content (AvgIpc) is 3.02. The molecular weight excluding hydrogens is 397 g/mol. The zero-order valence-corrected chi connectivity index (χ0v) is 15.5. The van der Waals surface area contributed by atoms with Gasteiger partial charge < -0.3 is 10.2 Å². The Kier molecular flexibility index (Phi) is 4.94. The van der Waals surface area contributed by atoms with Gasteiger partial charge in [-0.1, -0.05) is 18.2 Å². The van der Waals surface area contributed by atoms with Gasteiger partial charge in [-0.15, -0.1) is 0 Å². The number of hydrogen-bond acceptors (Lipinski definition) is 4. The molecule has 0 aliphatic carbocycles. The van der Waals surface area contributed by atoms with Crippen molar-refractivity contribution in [3.8, 4) is 11.1 Å². The van der Waals surface area contributed by atoms with Gasteiger partial charge in [0.2, 0.25) is 11.8 Å². The highest BCUT2D eigenvalue weighted by Gasteiger charge is 2.32. The molecular formula is C21H15F3N4O2. The standard InChI is InChI=1S/C21H15F3N4O2/c22-21(23,24)15-5-3-4-13(8-15)14-9-17-16(26-11-14)10-20(30)28(17)12-19(29)27-18-6-1-2-7-25-18/h1-9,11H,10,12H2,(H,25,27,29). The van der Waals surface area contributed by atoms with Gasteiger partial charge in [-0.05, 0) is 35.9 Å². The highest BCUT2D eigenvalue weighted by Crippen LogP contribution is 2.35. The Morgan fingerprint density at radius 1 is 1.07 bits per heavy atom. The number of aromatic nitrogens is 2. The number of rotatable bonds is 4. The van der Waals surface area contributed by atoms with Crippen LogP contribution in [0.5, 0.6) is 0 Å². The Balaban J connectivity index is 1.60. The Bertz CT molecular complexity index is 1120. The fraction of sp³-hybridized carbons (Fsp3) is 0.143. The summed E-state index contributed by atoms with van der Waals surface area (Å²) in [7, 11) is 0. The van der Waals surface area contributed by atoms with Crippen LogP contribution in [0.2, 0.25) is 0 Å². The first-order chi connectivity index (χ1) is 14.3. The van der Waals surface area contributed by atoms with Crippen LogP contribution in [0.15, 0.2) is 60.9 Å². The number of halogens is 3. The predicted octanol–water partition coefficient (Wildman–Crippen LogP) is 3.69. The molecule has 1 N–H and O–H groups in total. The molecule has 0 atom stereocenters. The first-order valence-corrected chi connectivity index (χ1v) is 8.99. The van der Waals surface area contributed by atoms with Gasteiger partial charge in [0.05, 0.1) is 23.4 Å². The summed E-state index contributed by atoms with van der Waals surface area (Å²) in [4.78, 5) is 34.2. The second kappa shape index (κ2) is 7.58. The van der Waals surface area contributed by atoms with E-state index in [4.69, 9.17) is 0 Å². The van der Waals surface area contributed by atoms with Gasteiger partial charge in [0.15, 0.2) is 0 Å². The zero-order valence-electron chi connectivity index (χ0n) is 15.5. The largest absolute Gasteiger partial charge is 0.416 e. The fourth-order valence-corrected chi connectivity index (χ4v) is 3.19. The molecule has 2 amide bonds. The predicted molar refractivity (Wildman–Crippen MR) is 104 cm³/mol. The molecule has 0 unspecified atom stereocenters. The van der Waals surface area contributed by atoms with Crippen molar-refractivity contribution < 1.29 is 22.8 Å². The summed E-state index contributed by atoms with van der Waals surface area (Å²) in [6.07, 6.45) is -1.49. The lowest BCUT2D eigenvalue weighted by atomic mass is 10.0. The normalized spacial score (nSPS) is 13.3. The number of nitrogens with one attached hydrogen (secondary N) is 1. The third-order valence-electron chi connectivity index (χ3n) is 4.62. The Morgan fingerprint density at radius 2 is 1.90 bits per heavy atom. The van der Waals surface area contributed by atoms with Crippen LogP contribution >= 0.6 is 0 Å². The molecule has 0 saturated carbocycles. The van der Waals surface area contributed by atoms with Gasteiger partial charge >= 0.3 is 6.18 Å². The number of benzene rings is 1. The van der Waals surface area contributed by atoms with Gasteiger partial charge in [-0.3, -0.25) is 14.6 Å². The van der Waals surface area contributed by atoms with E-state index in [1.807, 2.05) is 0 Å². The summed E-state index contributed by atoms with van der Waals surface area (Å²) in [5.74, 6) is -0.403. The second-order valence-corrected chi connectivity index (χ2v) is 6.69. The van der Waals surface area contributed by atoms with Crippen molar-refractivity contribution in [2.75, 3.05) is 16.8 Å². The summed E-state index contributed by atoms with van der Waals surface area (Å²) in [6, 6.07) is 11.5. The molecule has 3 aromatic rings. The Morgan fingerprint density at radius 3 is 2.63 bits per heavy atom. The molecule has 30 heavy (non-hydrogen) atoms. The second-order valence-electron chi connectivity index (χ2n) is 6.69. The summed E-state index contributed by atoms with van der Waals surface area (Å²) in [5, 5.41) is 2.60. The Labute approximate surface area is 169 Å². The van der Waals surface area contributed by atoms with Gasteiger partial charge in [-0.2, -0.15) is 13.2 Å². The number of amides is 2. The summed E-state index contributed by atoms with van der Waals surface area (Å²) in [6.45, 7) is -0.254. The SMILES string of the molecule is O=C(CN1C(=O)Cc2ncc(-c3cccc(C(F)(F)F)c3)cc21)Nc1ccccn1. The molecule has 4 rings (SSSR count). The van der Waals surface area contributed by atoms with E-state index in [-0.39, 0.29) is 18.9 Å². The first-order valence-electron chi connectivity index (χ1n) is 8.99. The van der Waals surface area contributed by atoms with Crippen LogP contribution in [0, 0.1) is 0 Å². The summed E-state index contributed by atoms with van der Waals surface area (Å²) in [5.41, 5.74) is 0.845. The van der Waals surface area contributed by atoms with Crippen LogP contribution in [0.25, 0.3) is 11.1 Å². The third kappa shape index (κ3) is 4.00. The fourth-order valence-electron chi connectivity index (χ4n) is 3.19. The smallest absolute Gasteiger partial charge is 0.309 e. The molecule has 6 nitrogen and oxygen atoms in total. The highest BCUT2D eigenvalue weighted by atomic mass is 19.4. The quantitative estimate of drug-likeness (QED) is 0.709. The molecule has 2 aromatic heterocycles. The van der Waals surface area contributed by atoms with Crippen LogP contribution in [-0.4, -0.2) is 28.3 Å².